The van der Waals surface area contributed by atoms with Crippen molar-refractivity contribution in [1.29, 1.82) is 0 Å². The molecule has 13 heteroatoms. The average Bonchev–Trinajstić information content (AvgIpc) is 3.31. The Morgan fingerprint density at radius 2 is 1.87 bits per heavy atom. The third-order valence-corrected chi connectivity index (χ3v) is 7.76. The minimum atomic E-state index is -4.85. The number of carbonyl (C=O) groups is 1. The molecular formula is C17H20F4N4O4S. The summed E-state index contributed by atoms with van der Waals surface area (Å²) >= 11 is 0. The molecule has 1 atom stereocenters. The van der Waals surface area contributed by atoms with Crippen LogP contribution in [-0.2, 0) is 27.9 Å². The van der Waals surface area contributed by atoms with E-state index in [1.54, 1.807) is 0 Å². The highest BCUT2D eigenvalue weighted by molar-refractivity contribution is 7.92. The minimum absolute atomic E-state index is 0.0765. The van der Waals surface area contributed by atoms with Crippen LogP contribution in [0.15, 0.2) is 27.9 Å². The summed E-state index contributed by atoms with van der Waals surface area (Å²) in [5.41, 5.74) is -1.41. The van der Waals surface area contributed by atoms with E-state index in [1.807, 2.05) is 0 Å². The number of anilines is 1. The first-order valence-corrected chi connectivity index (χ1v) is 10.6. The molecule has 2 aromatic rings. The molecule has 0 unspecified atom stereocenters. The molecule has 2 aromatic heterocycles. The highest BCUT2D eigenvalue weighted by Gasteiger charge is 2.51. The van der Waals surface area contributed by atoms with E-state index in [1.165, 1.54) is 12.3 Å². The molecule has 0 aromatic carbocycles. The van der Waals surface area contributed by atoms with Crippen LogP contribution in [0.5, 0.6) is 0 Å². The predicted molar refractivity (Wildman–Crippen MR) is 95.5 cm³/mol. The van der Waals surface area contributed by atoms with Crippen LogP contribution in [0.1, 0.15) is 38.3 Å². The summed E-state index contributed by atoms with van der Waals surface area (Å²) in [5, 5.41) is 5.61. The topological polar surface area (TPSA) is 107 Å². The Morgan fingerprint density at radius 1 is 1.23 bits per heavy atom. The van der Waals surface area contributed by atoms with Gasteiger partial charge in [0.05, 0.1) is 0 Å². The zero-order chi connectivity index (χ0) is 22.3. The van der Waals surface area contributed by atoms with E-state index in [2.05, 4.69) is 20.1 Å². The van der Waals surface area contributed by atoms with Crippen LogP contribution in [0.4, 0.5) is 23.4 Å². The van der Waals surface area contributed by atoms with Gasteiger partial charge in [-0.2, -0.15) is 18.3 Å². The summed E-state index contributed by atoms with van der Waals surface area (Å²) in [6.07, 6.45) is -2.96. The van der Waals surface area contributed by atoms with Gasteiger partial charge in [-0.3, -0.25) is 9.48 Å². The number of aromatic nitrogens is 3. The number of aryl methyl sites for hydroxylation is 1. The van der Waals surface area contributed by atoms with Gasteiger partial charge in [-0.05, 0) is 32.6 Å². The predicted octanol–water partition coefficient (Wildman–Crippen LogP) is 3.33. The average molecular weight is 452 g/mol. The molecule has 30 heavy (non-hydrogen) atoms. The van der Waals surface area contributed by atoms with Gasteiger partial charge >= 0.3 is 6.18 Å². The third kappa shape index (κ3) is 4.07. The number of amides is 1. The van der Waals surface area contributed by atoms with Crippen LogP contribution in [0.3, 0.4) is 0 Å². The van der Waals surface area contributed by atoms with E-state index >= 15 is 4.39 Å². The Morgan fingerprint density at radius 3 is 2.37 bits per heavy atom. The second kappa shape index (κ2) is 7.67. The van der Waals surface area contributed by atoms with Gasteiger partial charge in [0.2, 0.25) is 20.7 Å². The molecule has 8 nitrogen and oxygen atoms in total. The smallest absolute Gasteiger partial charge is 0.363 e. The van der Waals surface area contributed by atoms with E-state index in [4.69, 9.17) is 0 Å². The fourth-order valence-corrected chi connectivity index (χ4v) is 5.38. The third-order valence-electron chi connectivity index (χ3n) is 5.44. The number of rotatable bonds is 5. The standard InChI is InChI=1S/C17H20F4N4O4S/c1-16(18,30(27,28)14-9-12(17(19,20)21)23-25(14)2)11-5-3-10(4-6-11)15(26)22-13-7-8-29-24-13/h7-11H,3-6H2,1-2H3,(H,22,24,26)/t10?,11?,16-/m1/s1. The zero-order valence-corrected chi connectivity index (χ0v) is 16.9. The van der Waals surface area contributed by atoms with Crippen molar-refractivity contribution in [1.82, 2.24) is 14.9 Å². The van der Waals surface area contributed by atoms with E-state index in [0.717, 1.165) is 14.0 Å². The van der Waals surface area contributed by atoms with Crippen molar-refractivity contribution in [2.75, 3.05) is 5.32 Å². The summed E-state index contributed by atoms with van der Waals surface area (Å²) in [7, 11) is -3.76. The fraction of sp³-hybridized carbons (Fsp3) is 0.588. The summed E-state index contributed by atoms with van der Waals surface area (Å²) in [6, 6.07) is 1.79. The van der Waals surface area contributed by atoms with Crippen LogP contribution in [0.2, 0.25) is 0 Å². The molecule has 0 spiro atoms. The Hall–Kier alpha value is -2.44. The Balaban J connectivity index is 1.73. The monoisotopic (exact) mass is 452 g/mol. The van der Waals surface area contributed by atoms with Crippen molar-refractivity contribution in [3.8, 4) is 0 Å². The van der Waals surface area contributed by atoms with Crippen molar-refractivity contribution in [3.63, 3.8) is 0 Å². The van der Waals surface area contributed by atoms with Gasteiger partial charge in [0.1, 0.15) is 6.26 Å². The number of halogens is 4. The number of hydrogen-bond acceptors (Lipinski definition) is 6. The van der Waals surface area contributed by atoms with Crippen molar-refractivity contribution in [2.24, 2.45) is 18.9 Å². The lowest BCUT2D eigenvalue weighted by Crippen LogP contribution is -2.42. The Bertz CT molecular complexity index is 1010. The van der Waals surface area contributed by atoms with Gasteiger partial charge < -0.3 is 9.84 Å². The van der Waals surface area contributed by atoms with Crippen molar-refractivity contribution in [3.05, 3.63) is 24.1 Å². The van der Waals surface area contributed by atoms with Gasteiger partial charge in [-0.15, -0.1) is 0 Å². The van der Waals surface area contributed by atoms with Crippen molar-refractivity contribution < 1.29 is 35.3 Å². The number of hydrogen-bond donors (Lipinski definition) is 1. The van der Waals surface area contributed by atoms with Gasteiger partial charge in [0.25, 0.3) is 0 Å². The van der Waals surface area contributed by atoms with Crippen LogP contribution in [-0.4, -0.2) is 34.3 Å². The van der Waals surface area contributed by atoms with Crippen LogP contribution in [0.25, 0.3) is 0 Å². The summed E-state index contributed by atoms with van der Waals surface area (Å²) in [6.45, 7) is 0.850. The van der Waals surface area contributed by atoms with Crippen molar-refractivity contribution in [2.45, 2.75) is 48.8 Å². The van der Waals surface area contributed by atoms with Gasteiger partial charge in [0.15, 0.2) is 16.5 Å². The molecule has 1 fully saturated rings. The van der Waals surface area contributed by atoms with E-state index in [-0.39, 0.29) is 37.4 Å². The first-order valence-electron chi connectivity index (χ1n) is 9.10. The zero-order valence-electron chi connectivity index (χ0n) is 16.1. The van der Waals surface area contributed by atoms with E-state index in [9.17, 15) is 26.4 Å². The fourth-order valence-electron chi connectivity index (χ4n) is 3.64. The maximum atomic E-state index is 15.5. The number of carbonyl (C=O) groups excluding carboxylic acids is 1. The van der Waals surface area contributed by atoms with Crippen LogP contribution >= 0.6 is 0 Å². The van der Waals surface area contributed by atoms with Gasteiger partial charge in [0, 0.05) is 31.0 Å². The molecule has 1 N–H and O–H groups in total. The van der Waals surface area contributed by atoms with E-state index < -0.39 is 43.6 Å². The molecule has 1 aliphatic rings. The molecular weight excluding hydrogens is 432 g/mol. The molecule has 0 aliphatic heterocycles. The minimum Gasteiger partial charge on any atom is -0.363 e. The molecule has 0 saturated heterocycles. The maximum Gasteiger partial charge on any atom is 0.435 e. The SMILES string of the molecule is Cn1nc(C(F)(F)F)cc1S(=O)(=O)[C@@](C)(F)C1CCC(C(=O)Nc2ccon2)CC1. The van der Waals surface area contributed by atoms with Crippen LogP contribution < -0.4 is 5.32 Å². The highest BCUT2D eigenvalue weighted by atomic mass is 32.2. The number of nitrogens with one attached hydrogen (secondary N) is 1. The molecule has 1 saturated carbocycles. The Kier molecular flexibility index (Phi) is 5.69. The molecule has 1 amide bonds. The lowest BCUT2D eigenvalue weighted by molar-refractivity contribution is -0.141. The number of sulfone groups is 1. The first kappa shape index (κ1) is 22.2. The molecule has 3 rings (SSSR count). The second-order valence-corrected chi connectivity index (χ2v) is 9.62. The van der Waals surface area contributed by atoms with Gasteiger partial charge in [-0.25, -0.2) is 12.8 Å². The van der Waals surface area contributed by atoms with Gasteiger partial charge in [-0.1, -0.05) is 5.16 Å². The summed E-state index contributed by atoms with van der Waals surface area (Å²) < 4.78 is 84.9. The molecule has 0 radical (unpaired) electrons. The van der Waals surface area contributed by atoms with Crippen molar-refractivity contribution >= 4 is 21.6 Å². The summed E-state index contributed by atoms with van der Waals surface area (Å²) in [5.74, 6) is -1.56. The normalized spacial score (nSPS) is 22.5. The highest BCUT2D eigenvalue weighted by Crippen LogP contribution is 2.43. The molecule has 2 heterocycles. The molecule has 0 bridgehead atoms. The lowest BCUT2D eigenvalue weighted by Gasteiger charge is -2.35. The lowest BCUT2D eigenvalue weighted by atomic mass is 9.79. The maximum absolute atomic E-state index is 15.5. The van der Waals surface area contributed by atoms with E-state index in [0.29, 0.717) is 10.7 Å². The molecule has 1 aliphatic carbocycles. The second-order valence-electron chi connectivity index (χ2n) is 7.40. The number of nitrogens with zero attached hydrogens (tertiary/aromatic N) is 3. The Labute approximate surface area is 169 Å². The van der Waals surface area contributed by atoms with Crippen LogP contribution in [0, 0.1) is 11.8 Å². The quantitative estimate of drug-likeness (QED) is 0.698. The number of alkyl halides is 4. The largest absolute Gasteiger partial charge is 0.435 e. The summed E-state index contributed by atoms with van der Waals surface area (Å²) in [4.78, 5) is 12.3. The first-order chi connectivity index (χ1) is 13.8. The molecule has 166 valence electrons.